The summed E-state index contributed by atoms with van der Waals surface area (Å²) in [6, 6.07) is 23.2. The van der Waals surface area contributed by atoms with Crippen LogP contribution in [0.5, 0.6) is 5.75 Å². The van der Waals surface area contributed by atoms with Crippen LogP contribution in [0.4, 0.5) is 11.4 Å². The van der Waals surface area contributed by atoms with Crippen LogP contribution < -0.4 is 9.04 Å². The summed E-state index contributed by atoms with van der Waals surface area (Å²) >= 11 is 0. The lowest BCUT2D eigenvalue weighted by atomic mass is 9.86. The van der Waals surface area contributed by atoms with Gasteiger partial charge in [0.1, 0.15) is 18.5 Å². The molecule has 5 nitrogen and oxygen atoms in total. The number of ether oxygens (including phenoxy) is 2. The highest BCUT2D eigenvalue weighted by Crippen LogP contribution is 2.44. The van der Waals surface area contributed by atoms with Crippen LogP contribution in [-0.4, -0.2) is 27.7 Å². The van der Waals surface area contributed by atoms with E-state index in [9.17, 15) is 8.42 Å². The number of nitrogens with zero attached hydrogens (tertiary/aromatic N) is 1. The molecule has 0 radical (unpaired) electrons. The molecular formula is C25H27NO4S. The molecule has 3 aromatic carbocycles. The van der Waals surface area contributed by atoms with Crippen LogP contribution in [0.2, 0.25) is 0 Å². The van der Waals surface area contributed by atoms with Crippen molar-refractivity contribution < 1.29 is 17.9 Å². The summed E-state index contributed by atoms with van der Waals surface area (Å²) < 4.78 is 40.6. The number of para-hydroxylation sites is 2. The summed E-state index contributed by atoms with van der Waals surface area (Å²) in [5, 5.41) is 0. The van der Waals surface area contributed by atoms with Gasteiger partial charge in [0.25, 0.3) is 10.0 Å². The maximum atomic E-state index is 13.8. The van der Waals surface area contributed by atoms with Crippen LogP contribution in [0.25, 0.3) is 0 Å². The number of hydrogen-bond acceptors (Lipinski definition) is 4. The molecule has 3 aromatic rings. The highest BCUT2D eigenvalue weighted by molar-refractivity contribution is 7.93. The van der Waals surface area contributed by atoms with Gasteiger partial charge in [-0.15, -0.1) is 0 Å². The number of benzene rings is 3. The van der Waals surface area contributed by atoms with E-state index >= 15 is 0 Å². The maximum absolute atomic E-state index is 13.8. The summed E-state index contributed by atoms with van der Waals surface area (Å²) in [4.78, 5) is 0.219. The molecule has 162 valence electrons. The van der Waals surface area contributed by atoms with Gasteiger partial charge in [0.05, 0.1) is 22.9 Å². The first-order valence-electron chi connectivity index (χ1n) is 10.3. The monoisotopic (exact) mass is 437 g/mol. The summed E-state index contributed by atoms with van der Waals surface area (Å²) in [5.41, 5.74) is 1.73. The van der Waals surface area contributed by atoms with Gasteiger partial charge in [0.15, 0.2) is 0 Å². The predicted octanol–water partition coefficient (Wildman–Crippen LogP) is 5.29. The van der Waals surface area contributed by atoms with Crippen molar-refractivity contribution in [3.63, 3.8) is 0 Å². The van der Waals surface area contributed by atoms with Crippen molar-refractivity contribution in [2.24, 2.45) is 0 Å². The van der Waals surface area contributed by atoms with E-state index in [1.54, 1.807) is 48.5 Å². The van der Waals surface area contributed by atoms with Gasteiger partial charge >= 0.3 is 0 Å². The first-order valence-corrected chi connectivity index (χ1v) is 11.8. The third kappa shape index (κ3) is 4.60. The Morgan fingerprint density at radius 3 is 2.13 bits per heavy atom. The molecule has 1 fully saturated rings. The number of hydrogen-bond donors (Lipinski definition) is 0. The molecule has 6 heteroatoms. The lowest BCUT2D eigenvalue weighted by molar-refractivity contribution is 0.259. The second-order valence-corrected chi connectivity index (χ2v) is 10.4. The van der Waals surface area contributed by atoms with Gasteiger partial charge in [-0.2, -0.15) is 0 Å². The van der Waals surface area contributed by atoms with Gasteiger partial charge < -0.3 is 9.47 Å². The minimum absolute atomic E-state index is 0.0526. The Bertz CT molecular complexity index is 1140. The summed E-state index contributed by atoms with van der Waals surface area (Å²) in [7, 11) is -3.89. The molecule has 0 spiro atoms. The normalized spacial score (nSPS) is 16.0. The Kier molecular flexibility index (Phi) is 5.77. The second-order valence-electron chi connectivity index (χ2n) is 8.59. The number of sulfonamides is 1. The molecule has 1 heterocycles. The van der Waals surface area contributed by atoms with Crippen molar-refractivity contribution in [3.8, 4) is 5.75 Å². The SMILES string of the molecule is CC(C)(C)c1cccc(N(c2ccccc2)S(=O)(=O)c2ccccc2)c1OCC1CO1. The molecule has 1 aliphatic heterocycles. The zero-order chi connectivity index (χ0) is 22.1. The first-order chi connectivity index (χ1) is 14.8. The zero-order valence-corrected chi connectivity index (χ0v) is 18.8. The van der Waals surface area contributed by atoms with Gasteiger partial charge in [-0.05, 0) is 35.7 Å². The van der Waals surface area contributed by atoms with Gasteiger partial charge in [0, 0.05) is 5.56 Å². The third-order valence-corrected chi connectivity index (χ3v) is 6.87. The standard InChI is InChI=1S/C25H27NO4S/c1-25(2,3)22-15-10-16-23(24(22)30-18-20-17-29-20)26(19-11-6-4-7-12-19)31(27,28)21-13-8-5-9-14-21/h4-16,20H,17-18H2,1-3H3. The molecule has 4 rings (SSSR count). The van der Waals surface area contributed by atoms with E-state index in [2.05, 4.69) is 20.8 Å². The fourth-order valence-corrected chi connectivity index (χ4v) is 4.95. The molecule has 0 aliphatic carbocycles. The van der Waals surface area contributed by atoms with Crippen molar-refractivity contribution in [3.05, 3.63) is 84.4 Å². The number of epoxide rings is 1. The van der Waals surface area contributed by atoms with Gasteiger partial charge in [-0.3, -0.25) is 0 Å². The molecule has 1 saturated heterocycles. The molecule has 1 atom stereocenters. The molecule has 31 heavy (non-hydrogen) atoms. The second kappa shape index (κ2) is 8.36. The Labute approximate surface area is 184 Å². The first kappa shape index (κ1) is 21.4. The van der Waals surface area contributed by atoms with Crippen LogP contribution in [0.3, 0.4) is 0 Å². The fourth-order valence-electron chi connectivity index (χ4n) is 3.44. The molecule has 0 amide bonds. The van der Waals surface area contributed by atoms with Crippen LogP contribution in [-0.2, 0) is 20.2 Å². The quantitative estimate of drug-likeness (QED) is 0.471. The highest BCUT2D eigenvalue weighted by atomic mass is 32.2. The van der Waals surface area contributed by atoms with E-state index in [-0.39, 0.29) is 16.4 Å². The van der Waals surface area contributed by atoms with Crippen molar-refractivity contribution >= 4 is 21.4 Å². The van der Waals surface area contributed by atoms with E-state index < -0.39 is 10.0 Å². The third-order valence-electron chi connectivity index (χ3n) is 5.11. The van der Waals surface area contributed by atoms with E-state index in [0.717, 1.165) is 5.56 Å². The van der Waals surface area contributed by atoms with Crippen LogP contribution in [0, 0.1) is 0 Å². The van der Waals surface area contributed by atoms with Crippen molar-refractivity contribution in [1.82, 2.24) is 0 Å². The van der Waals surface area contributed by atoms with Crippen LogP contribution in [0.1, 0.15) is 26.3 Å². The molecule has 1 unspecified atom stereocenters. The Hall–Kier alpha value is -2.83. The molecule has 0 N–H and O–H groups in total. The van der Waals surface area contributed by atoms with Crippen molar-refractivity contribution in [1.29, 1.82) is 0 Å². The molecule has 0 saturated carbocycles. The number of rotatable bonds is 7. The van der Waals surface area contributed by atoms with E-state index in [1.165, 1.54) is 4.31 Å². The van der Waals surface area contributed by atoms with Crippen molar-refractivity contribution in [2.45, 2.75) is 37.2 Å². The maximum Gasteiger partial charge on any atom is 0.268 e. The van der Waals surface area contributed by atoms with Crippen LogP contribution in [0.15, 0.2) is 83.8 Å². The fraction of sp³-hybridized carbons (Fsp3) is 0.280. The Morgan fingerprint density at radius 2 is 1.55 bits per heavy atom. The Morgan fingerprint density at radius 1 is 0.935 bits per heavy atom. The van der Waals surface area contributed by atoms with Gasteiger partial charge in [-0.1, -0.05) is 69.3 Å². The minimum atomic E-state index is -3.89. The Balaban J connectivity index is 1.93. The smallest absolute Gasteiger partial charge is 0.268 e. The van der Waals surface area contributed by atoms with Crippen molar-refractivity contribution in [2.75, 3.05) is 17.5 Å². The molecule has 0 bridgehead atoms. The number of anilines is 2. The van der Waals surface area contributed by atoms with Gasteiger partial charge in [-0.25, -0.2) is 12.7 Å². The van der Waals surface area contributed by atoms with Gasteiger partial charge in [0.2, 0.25) is 0 Å². The predicted molar refractivity (Wildman–Crippen MR) is 123 cm³/mol. The largest absolute Gasteiger partial charge is 0.488 e. The zero-order valence-electron chi connectivity index (χ0n) is 18.0. The average Bonchev–Trinajstić information content (AvgIpc) is 3.58. The molecular weight excluding hydrogens is 410 g/mol. The summed E-state index contributed by atoms with van der Waals surface area (Å²) in [6.07, 6.45) is 0.0526. The molecule has 1 aliphatic rings. The lowest BCUT2D eigenvalue weighted by Crippen LogP contribution is -2.28. The summed E-state index contributed by atoms with van der Waals surface area (Å²) in [6.45, 7) is 7.31. The topological polar surface area (TPSA) is 59.1 Å². The highest BCUT2D eigenvalue weighted by Gasteiger charge is 2.33. The van der Waals surface area contributed by atoms with E-state index in [4.69, 9.17) is 9.47 Å². The molecule has 0 aromatic heterocycles. The van der Waals surface area contributed by atoms with E-state index in [1.807, 2.05) is 30.3 Å². The lowest BCUT2D eigenvalue weighted by Gasteiger charge is -2.30. The summed E-state index contributed by atoms with van der Waals surface area (Å²) in [5.74, 6) is 0.564. The van der Waals surface area contributed by atoms with Crippen LogP contribution >= 0.6 is 0 Å². The van der Waals surface area contributed by atoms with E-state index in [0.29, 0.717) is 30.3 Å². The average molecular weight is 438 g/mol. The minimum Gasteiger partial charge on any atom is -0.488 e.